The van der Waals surface area contributed by atoms with Gasteiger partial charge in [-0.05, 0) is 156 Å². The summed E-state index contributed by atoms with van der Waals surface area (Å²) in [5.74, 6) is 0.312. The molecule has 4 N–H and O–H groups in total. The molecule has 1 saturated carbocycles. The zero-order valence-corrected chi connectivity index (χ0v) is 59.2. The predicted octanol–water partition coefficient (Wildman–Crippen LogP) is 16.3. The molecule has 4 amide bonds. The Kier molecular flexibility index (Phi) is 19.8. The average Bonchev–Trinajstić information content (AvgIpc) is 1.59. The van der Waals surface area contributed by atoms with Crippen molar-refractivity contribution < 1.29 is 19.2 Å². The maximum atomic E-state index is 13.5. The lowest BCUT2D eigenvalue weighted by Gasteiger charge is -2.23. The molecule has 0 bridgehead atoms. The number of thiazole rings is 4. The standard InChI is InChI=1S/C25H25N3O2S.C21H21N3OS.C21H17N3OS.C12H12N2S/c1-15-13-18(9-10-19(15)14-26-24(29)17-7-8-17)25(30)28-12-11-22-23(27-16(2)31-22)20-5-3-4-6-21(20)28;2*1-13-11-15(7-8-16(13)12-22)21(25)24-10-9-19-20(23-14(2)26-19)17-5-3-4-6-18(17)24;1-8-14-12-9-4-2-3-5-10(9)13-7-6-11(12)15-8/h3-6,9-10,13,17H,7-8,11-12,14H2,1-2H3,(H,26,29);3-8,11H,9-10,12,22H2,1-2H3;3-8,11H,9-10H2,1-2H3;2-5,13H,6-7H2,1H3. The van der Waals surface area contributed by atoms with Gasteiger partial charge in [-0.2, -0.15) is 5.26 Å². The van der Waals surface area contributed by atoms with Crippen molar-refractivity contribution >= 4 is 91.7 Å². The molecule has 16 rings (SSSR count). The SMILES string of the molecule is Cc1nc2c(s1)CCN(C(=O)c1ccc(C#N)c(C)c1)c1ccccc1-2.Cc1nc2c(s1)CCN(C(=O)c1ccc(CN)c(C)c1)c1ccccc1-2.Cc1nc2c(s1)CCN(C(=O)c1ccc(CNC(=O)C3CC3)c(C)c1)c1ccccc1-2.Cc1nc2c(s1)CCNc1ccccc1-2. The number of hydrogen-bond acceptors (Lipinski definition) is 15. The van der Waals surface area contributed by atoms with Crippen LogP contribution in [0.4, 0.5) is 22.7 Å². The summed E-state index contributed by atoms with van der Waals surface area (Å²) in [5.41, 5.74) is 25.8. The van der Waals surface area contributed by atoms with Crippen LogP contribution in [0.15, 0.2) is 152 Å². The maximum absolute atomic E-state index is 13.5. The number of nitriles is 1. The quantitative estimate of drug-likeness (QED) is 0.137. The molecule has 11 aromatic rings. The van der Waals surface area contributed by atoms with Crippen molar-refractivity contribution in [2.75, 3.05) is 46.2 Å². The highest BCUT2D eigenvalue weighted by molar-refractivity contribution is 7.13. The van der Waals surface area contributed by atoms with Crippen LogP contribution in [0.2, 0.25) is 0 Å². The van der Waals surface area contributed by atoms with E-state index in [-0.39, 0.29) is 29.5 Å². The van der Waals surface area contributed by atoms with Crippen LogP contribution in [-0.2, 0) is 43.6 Å². The van der Waals surface area contributed by atoms with Gasteiger partial charge in [-0.25, -0.2) is 19.9 Å². The zero-order chi connectivity index (χ0) is 68.3. The smallest absolute Gasteiger partial charge is 0.258 e. The normalized spacial score (nSPS) is 13.7. The van der Waals surface area contributed by atoms with Gasteiger partial charge in [0, 0.05) is 135 Å². The molecule has 0 atom stereocenters. The van der Waals surface area contributed by atoms with Gasteiger partial charge in [-0.3, -0.25) is 19.2 Å². The van der Waals surface area contributed by atoms with E-state index in [9.17, 15) is 19.2 Å². The number of nitrogens with two attached hydrogens (primary N) is 1. The van der Waals surface area contributed by atoms with Crippen LogP contribution < -0.4 is 31.1 Å². The number of nitrogens with zero attached hydrogens (tertiary/aromatic N) is 8. The molecule has 0 spiro atoms. The Morgan fingerprint density at radius 1 is 0.490 bits per heavy atom. The minimum Gasteiger partial charge on any atom is -0.384 e. The van der Waals surface area contributed by atoms with E-state index in [1.54, 1.807) is 52.2 Å². The third kappa shape index (κ3) is 14.2. The molecule has 0 unspecified atom stereocenters. The van der Waals surface area contributed by atoms with E-state index in [1.807, 2.05) is 165 Å². The first-order valence-corrected chi connectivity index (χ1v) is 36.4. The van der Waals surface area contributed by atoms with Crippen LogP contribution in [0.1, 0.15) is 117 Å². The molecule has 7 aromatic carbocycles. The second-order valence-electron chi connectivity index (χ2n) is 25.0. The zero-order valence-electron chi connectivity index (χ0n) is 55.9. The molecule has 4 aromatic heterocycles. The number of para-hydroxylation sites is 4. The van der Waals surface area contributed by atoms with Crippen molar-refractivity contribution in [2.45, 2.75) is 100 Å². The maximum Gasteiger partial charge on any atom is 0.258 e. The van der Waals surface area contributed by atoms with E-state index in [4.69, 9.17) is 25.9 Å². The Labute approximate surface area is 587 Å². The molecule has 15 nitrogen and oxygen atoms in total. The lowest BCUT2D eigenvalue weighted by atomic mass is 10.0. The van der Waals surface area contributed by atoms with Gasteiger partial charge in [0.25, 0.3) is 17.7 Å². The van der Waals surface area contributed by atoms with Gasteiger partial charge in [0.15, 0.2) is 0 Å². The summed E-state index contributed by atoms with van der Waals surface area (Å²) >= 11 is 6.95. The van der Waals surface area contributed by atoms with Crippen molar-refractivity contribution in [3.8, 4) is 51.1 Å². The Morgan fingerprint density at radius 2 is 0.867 bits per heavy atom. The third-order valence-corrected chi connectivity index (χ3v) is 22.4. The summed E-state index contributed by atoms with van der Waals surface area (Å²) in [4.78, 5) is 81.5. The van der Waals surface area contributed by atoms with Gasteiger partial charge in [-0.15, -0.1) is 45.3 Å². The Bertz CT molecular complexity index is 4930. The molecule has 5 aliphatic rings. The molecular formula is C79H75N11O4S4. The number of rotatable bonds is 7. The molecule has 98 heavy (non-hydrogen) atoms. The lowest BCUT2D eigenvalue weighted by Crippen LogP contribution is -2.32. The number of aryl methyl sites for hydroxylation is 7. The minimum absolute atomic E-state index is 0.00371. The summed E-state index contributed by atoms with van der Waals surface area (Å²) in [6, 6.07) is 51.4. The van der Waals surface area contributed by atoms with Gasteiger partial charge < -0.3 is 31.1 Å². The molecule has 8 heterocycles. The first-order chi connectivity index (χ1) is 47.5. The average molecular weight is 1370 g/mol. The van der Waals surface area contributed by atoms with E-state index in [0.717, 1.165) is 144 Å². The Balaban J connectivity index is 0.000000120. The second-order valence-corrected chi connectivity index (χ2v) is 30.2. The van der Waals surface area contributed by atoms with E-state index in [2.05, 4.69) is 65.0 Å². The van der Waals surface area contributed by atoms with Crippen LogP contribution >= 0.6 is 45.3 Å². The highest BCUT2D eigenvalue weighted by Gasteiger charge is 2.32. The molecule has 19 heteroatoms. The van der Waals surface area contributed by atoms with Crippen molar-refractivity contribution in [1.82, 2.24) is 25.3 Å². The predicted molar refractivity (Wildman–Crippen MR) is 398 cm³/mol. The number of nitrogens with one attached hydrogen (secondary N) is 2. The molecular weight excluding hydrogens is 1300 g/mol. The van der Waals surface area contributed by atoms with Gasteiger partial charge in [-0.1, -0.05) is 84.9 Å². The van der Waals surface area contributed by atoms with Crippen molar-refractivity contribution in [2.24, 2.45) is 11.7 Å². The van der Waals surface area contributed by atoms with Gasteiger partial charge in [0.05, 0.1) is 71.5 Å². The Hall–Kier alpha value is -9.81. The fourth-order valence-corrected chi connectivity index (χ4v) is 16.8. The lowest BCUT2D eigenvalue weighted by molar-refractivity contribution is -0.122. The fourth-order valence-electron chi connectivity index (χ4n) is 13.1. The highest BCUT2D eigenvalue weighted by Crippen LogP contribution is 2.43. The van der Waals surface area contributed by atoms with E-state index in [0.29, 0.717) is 55.0 Å². The highest BCUT2D eigenvalue weighted by atomic mass is 32.1. The van der Waals surface area contributed by atoms with Gasteiger partial charge in [0.2, 0.25) is 5.91 Å². The number of fused-ring (bicyclic) bond motifs is 12. The number of amides is 4. The number of benzene rings is 7. The number of aromatic nitrogens is 4. The minimum atomic E-state index is -0.0445. The number of anilines is 4. The molecule has 0 saturated heterocycles. The van der Waals surface area contributed by atoms with Crippen LogP contribution in [0.3, 0.4) is 0 Å². The molecule has 494 valence electrons. The fraction of sp³-hybridized carbons (Fsp3) is 0.253. The van der Waals surface area contributed by atoms with Gasteiger partial charge >= 0.3 is 0 Å². The largest absolute Gasteiger partial charge is 0.384 e. The van der Waals surface area contributed by atoms with Crippen molar-refractivity contribution in [3.63, 3.8) is 0 Å². The third-order valence-electron chi connectivity index (χ3n) is 18.2. The summed E-state index contributed by atoms with van der Waals surface area (Å²) in [6.45, 7) is 17.9. The monoisotopic (exact) mass is 1370 g/mol. The van der Waals surface area contributed by atoms with E-state index in [1.165, 1.54) is 36.5 Å². The van der Waals surface area contributed by atoms with Crippen molar-refractivity contribution in [3.05, 3.63) is 241 Å². The first kappa shape index (κ1) is 66.8. The van der Waals surface area contributed by atoms with Crippen LogP contribution in [0.5, 0.6) is 0 Å². The molecule has 1 aliphatic carbocycles. The number of carbonyl (C=O) groups excluding carboxylic acids is 4. The second kappa shape index (κ2) is 29.1. The molecule has 1 fully saturated rings. The summed E-state index contributed by atoms with van der Waals surface area (Å²) < 4.78 is 0. The van der Waals surface area contributed by atoms with E-state index >= 15 is 0 Å². The summed E-state index contributed by atoms with van der Waals surface area (Å²) in [7, 11) is 0. The van der Waals surface area contributed by atoms with Crippen LogP contribution in [-0.4, -0.2) is 69.7 Å². The summed E-state index contributed by atoms with van der Waals surface area (Å²) in [5, 5.41) is 19.9. The van der Waals surface area contributed by atoms with Crippen LogP contribution in [0.25, 0.3) is 45.0 Å². The first-order valence-electron chi connectivity index (χ1n) is 33.1. The van der Waals surface area contributed by atoms with Crippen LogP contribution in [0, 0.1) is 65.7 Å². The van der Waals surface area contributed by atoms with Gasteiger partial charge in [0.1, 0.15) is 0 Å². The molecule has 0 radical (unpaired) electrons. The Morgan fingerprint density at radius 3 is 1.28 bits per heavy atom. The van der Waals surface area contributed by atoms with Crippen molar-refractivity contribution in [1.29, 1.82) is 5.26 Å². The van der Waals surface area contributed by atoms with E-state index < -0.39 is 0 Å². The summed E-state index contributed by atoms with van der Waals surface area (Å²) in [6.07, 6.45) is 5.48. The number of hydrogen-bond donors (Lipinski definition) is 3. The molecule has 4 aliphatic heterocycles. The topological polar surface area (TPSA) is 203 Å². The number of carbonyl (C=O) groups is 4.